The van der Waals surface area contributed by atoms with Gasteiger partial charge in [0.05, 0.1) is 0 Å². The van der Waals surface area contributed by atoms with E-state index in [2.05, 4.69) is 36.1 Å². The van der Waals surface area contributed by atoms with Gasteiger partial charge in [0.25, 0.3) is 0 Å². The average molecular weight is 448 g/mol. The van der Waals surface area contributed by atoms with Crippen molar-refractivity contribution in [3.63, 3.8) is 0 Å². The van der Waals surface area contributed by atoms with Crippen LogP contribution >= 0.6 is 0 Å². The Hall–Kier alpha value is -4.31. The summed E-state index contributed by atoms with van der Waals surface area (Å²) in [6.07, 6.45) is 0. The van der Waals surface area contributed by atoms with Crippen molar-refractivity contribution < 1.29 is 14.4 Å². The van der Waals surface area contributed by atoms with E-state index in [1.54, 1.807) is 24.3 Å². The predicted molar refractivity (Wildman–Crippen MR) is 136 cm³/mol. The van der Waals surface area contributed by atoms with Crippen molar-refractivity contribution in [3.8, 4) is 0 Å². The molecule has 0 bridgehead atoms. The molecule has 4 aromatic rings. The molecule has 0 aliphatic carbocycles. The van der Waals surface area contributed by atoms with Crippen LogP contribution in [0.5, 0.6) is 0 Å². The highest BCUT2D eigenvalue weighted by Crippen LogP contribution is 2.34. The lowest BCUT2D eigenvalue weighted by Crippen LogP contribution is -2.11. The first-order valence-electron chi connectivity index (χ1n) is 11.1. The third-order valence-corrected chi connectivity index (χ3v) is 5.70. The van der Waals surface area contributed by atoms with Crippen LogP contribution in [-0.4, -0.2) is 17.3 Å². The monoisotopic (exact) mass is 447 g/mol. The number of rotatable bonds is 7. The summed E-state index contributed by atoms with van der Waals surface area (Å²) in [6, 6.07) is 30.3. The summed E-state index contributed by atoms with van der Waals surface area (Å²) in [5, 5.41) is 0. The van der Waals surface area contributed by atoms with Gasteiger partial charge in [-0.15, -0.1) is 0 Å². The number of benzene rings is 4. The molecule has 4 nitrogen and oxygen atoms in total. The van der Waals surface area contributed by atoms with E-state index in [1.807, 2.05) is 42.5 Å². The molecule has 4 rings (SSSR count). The fraction of sp³-hybridized carbons (Fsp3) is 0.100. The normalized spacial score (nSPS) is 10.6. The highest BCUT2D eigenvalue weighted by Gasteiger charge is 2.17. The van der Waals surface area contributed by atoms with Crippen LogP contribution in [0.4, 0.5) is 17.1 Å². The van der Waals surface area contributed by atoms with Gasteiger partial charge in [-0.1, -0.05) is 35.9 Å². The van der Waals surface area contributed by atoms with Gasteiger partial charge in [0, 0.05) is 39.3 Å². The summed E-state index contributed by atoms with van der Waals surface area (Å²) in [7, 11) is 0. The van der Waals surface area contributed by atoms with Gasteiger partial charge < -0.3 is 4.90 Å². The Labute approximate surface area is 199 Å². The average Bonchev–Trinajstić information content (AvgIpc) is 2.85. The number of Topliss-reactive ketones (excluding diaryl/α,β-unsaturated/α-hetero) is 2. The van der Waals surface area contributed by atoms with Crippen molar-refractivity contribution in [3.05, 3.63) is 125 Å². The molecule has 0 spiro atoms. The lowest BCUT2D eigenvalue weighted by atomic mass is 9.96. The van der Waals surface area contributed by atoms with Gasteiger partial charge in [0.15, 0.2) is 17.3 Å². The highest BCUT2D eigenvalue weighted by atomic mass is 16.1. The summed E-state index contributed by atoms with van der Waals surface area (Å²) in [4.78, 5) is 39.2. The minimum Gasteiger partial charge on any atom is -0.311 e. The number of hydrogen-bond donors (Lipinski definition) is 0. The molecule has 0 heterocycles. The van der Waals surface area contributed by atoms with Gasteiger partial charge >= 0.3 is 0 Å². The summed E-state index contributed by atoms with van der Waals surface area (Å²) >= 11 is 0. The molecule has 0 saturated carbocycles. The second kappa shape index (κ2) is 9.67. The maximum atomic E-state index is 13.2. The van der Waals surface area contributed by atoms with E-state index in [-0.39, 0.29) is 17.3 Å². The Morgan fingerprint density at radius 1 is 0.529 bits per heavy atom. The van der Waals surface area contributed by atoms with Gasteiger partial charge in [0.1, 0.15) is 0 Å². The molecule has 34 heavy (non-hydrogen) atoms. The molecule has 0 amide bonds. The van der Waals surface area contributed by atoms with Gasteiger partial charge in [-0.25, -0.2) is 0 Å². The van der Waals surface area contributed by atoms with E-state index >= 15 is 0 Å². The third kappa shape index (κ3) is 4.86. The van der Waals surface area contributed by atoms with Gasteiger partial charge in [-0.05, 0) is 87.5 Å². The van der Waals surface area contributed by atoms with Crippen LogP contribution in [0.15, 0.2) is 97.1 Å². The Balaban J connectivity index is 1.72. The van der Waals surface area contributed by atoms with E-state index in [0.29, 0.717) is 22.3 Å². The Morgan fingerprint density at radius 3 is 1.47 bits per heavy atom. The molecule has 0 unspecified atom stereocenters. The fourth-order valence-corrected chi connectivity index (χ4v) is 3.81. The van der Waals surface area contributed by atoms with Gasteiger partial charge in [0.2, 0.25) is 0 Å². The topological polar surface area (TPSA) is 54.5 Å². The van der Waals surface area contributed by atoms with Crippen LogP contribution in [0.25, 0.3) is 0 Å². The van der Waals surface area contributed by atoms with E-state index < -0.39 is 0 Å². The summed E-state index contributed by atoms with van der Waals surface area (Å²) in [6.45, 7) is 4.90. The van der Waals surface area contributed by atoms with E-state index in [0.717, 1.165) is 17.1 Å². The van der Waals surface area contributed by atoms with Crippen LogP contribution in [0.1, 0.15) is 56.0 Å². The zero-order valence-corrected chi connectivity index (χ0v) is 19.4. The molecule has 0 aliphatic rings. The minimum atomic E-state index is -0.237. The lowest BCUT2D eigenvalue weighted by Gasteiger charge is -2.25. The molecule has 168 valence electrons. The molecule has 0 fully saturated rings. The zero-order chi connectivity index (χ0) is 24.2. The number of nitrogens with zero attached hydrogens (tertiary/aromatic N) is 1. The summed E-state index contributed by atoms with van der Waals surface area (Å²) in [5.41, 5.74) is 5.61. The smallest absolute Gasteiger partial charge is 0.193 e. The summed E-state index contributed by atoms with van der Waals surface area (Å²) in [5.74, 6) is -0.619. The number of aryl methyl sites for hydroxylation is 1. The SMILES string of the molecule is CC(=O)c1cc(C(C)=O)cc(C(=O)c2ccc(N(c3ccccc3)c3ccc(C)cc3)cc2)c1. The Morgan fingerprint density at radius 2 is 0.971 bits per heavy atom. The first-order valence-corrected chi connectivity index (χ1v) is 11.1. The second-order valence-electron chi connectivity index (χ2n) is 8.29. The van der Waals surface area contributed by atoms with Crippen molar-refractivity contribution in [2.45, 2.75) is 20.8 Å². The largest absolute Gasteiger partial charge is 0.311 e. The van der Waals surface area contributed by atoms with Crippen molar-refractivity contribution in [2.75, 3.05) is 4.90 Å². The number of para-hydroxylation sites is 1. The lowest BCUT2D eigenvalue weighted by molar-refractivity contribution is 0.101. The van der Waals surface area contributed by atoms with Crippen molar-refractivity contribution in [1.29, 1.82) is 0 Å². The van der Waals surface area contributed by atoms with E-state index in [9.17, 15) is 14.4 Å². The molecular weight excluding hydrogens is 422 g/mol. The molecule has 0 aromatic heterocycles. The maximum Gasteiger partial charge on any atom is 0.193 e. The number of ketones is 3. The molecule has 0 radical (unpaired) electrons. The Bertz CT molecular complexity index is 1320. The predicted octanol–water partition coefficient (Wildman–Crippen LogP) is 7.10. The second-order valence-corrected chi connectivity index (χ2v) is 8.29. The minimum absolute atomic E-state index is 0.191. The zero-order valence-electron chi connectivity index (χ0n) is 19.4. The van der Waals surface area contributed by atoms with Crippen LogP contribution in [0.3, 0.4) is 0 Å². The fourth-order valence-electron chi connectivity index (χ4n) is 3.81. The highest BCUT2D eigenvalue weighted by molar-refractivity contribution is 6.12. The molecule has 4 heteroatoms. The first kappa shape index (κ1) is 22.9. The van der Waals surface area contributed by atoms with Crippen molar-refractivity contribution in [1.82, 2.24) is 0 Å². The van der Waals surface area contributed by atoms with Crippen molar-refractivity contribution >= 4 is 34.4 Å². The quantitative estimate of drug-likeness (QED) is 0.284. The molecule has 4 aromatic carbocycles. The van der Waals surface area contributed by atoms with Crippen LogP contribution in [0.2, 0.25) is 0 Å². The molecule has 0 saturated heterocycles. The molecule has 0 N–H and O–H groups in total. The first-order chi connectivity index (χ1) is 16.3. The van der Waals surface area contributed by atoms with Crippen LogP contribution in [-0.2, 0) is 0 Å². The van der Waals surface area contributed by atoms with Gasteiger partial charge in [-0.3, -0.25) is 14.4 Å². The number of anilines is 3. The van der Waals surface area contributed by atoms with E-state index in [1.165, 1.54) is 25.5 Å². The number of hydrogen-bond acceptors (Lipinski definition) is 4. The number of carbonyl (C=O) groups excluding carboxylic acids is 3. The summed E-state index contributed by atoms with van der Waals surface area (Å²) < 4.78 is 0. The molecular formula is C30H25NO3. The van der Waals surface area contributed by atoms with Gasteiger partial charge in [-0.2, -0.15) is 0 Å². The Kier molecular flexibility index (Phi) is 6.51. The number of carbonyl (C=O) groups is 3. The molecule has 0 atom stereocenters. The van der Waals surface area contributed by atoms with Crippen molar-refractivity contribution in [2.24, 2.45) is 0 Å². The standard InChI is InChI=1S/C30H25NO3/c1-20-9-13-28(14-10-20)31(27-7-5-4-6-8-27)29-15-11-23(12-16-29)30(34)26-18-24(21(2)32)17-25(19-26)22(3)33/h4-19H,1-3H3. The van der Waals surface area contributed by atoms with Crippen LogP contribution in [0, 0.1) is 6.92 Å². The van der Waals surface area contributed by atoms with Crippen LogP contribution < -0.4 is 4.90 Å². The molecule has 0 aliphatic heterocycles. The van der Waals surface area contributed by atoms with E-state index in [4.69, 9.17) is 0 Å². The maximum absolute atomic E-state index is 13.2. The third-order valence-electron chi connectivity index (χ3n) is 5.70.